The third kappa shape index (κ3) is 2.70. The van der Waals surface area contributed by atoms with Gasteiger partial charge in [-0.2, -0.15) is 0 Å². The fourth-order valence-electron chi connectivity index (χ4n) is 1.28. The molecule has 6 heteroatoms. The number of nitrogens with zero attached hydrogens (tertiary/aromatic N) is 3. The number of methoxy groups -OCH3 is 1. The lowest BCUT2D eigenvalue weighted by Crippen LogP contribution is -2.27. The first kappa shape index (κ1) is 12.0. The van der Waals surface area contributed by atoms with E-state index in [1.807, 2.05) is 11.8 Å². The number of ether oxygens (including phenoxy) is 1. The van der Waals surface area contributed by atoms with Crippen molar-refractivity contribution in [2.75, 3.05) is 31.7 Å². The van der Waals surface area contributed by atoms with Gasteiger partial charge in [0.15, 0.2) is 16.7 Å². The summed E-state index contributed by atoms with van der Waals surface area (Å²) in [5, 5.41) is 9.18. The second-order valence-corrected chi connectivity index (χ2v) is 3.18. The molecule has 0 radical (unpaired) electrons. The first-order valence-electron chi connectivity index (χ1n) is 4.64. The number of aromatic nitrogens is 2. The van der Waals surface area contributed by atoms with Crippen LogP contribution in [0.4, 0.5) is 5.82 Å². The van der Waals surface area contributed by atoms with Crippen LogP contribution >= 0.6 is 11.6 Å². The number of halogens is 1. The maximum Gasteiger partial charge on any atom is 0.199 e. The van der Waals surface area contributed by atoms with Crippen LogP contribution in [0.25, 0.3) is 0 Å². The minimum Gasteiger partial charge on any atom is -0.490 e. The Balaban J connectivity index is 3.04. The van der Waals surface area contributed by atoms with Crippen LogP contribution in [-0.4, -0.2) is 41.9 Å². The quantitative estimate of drug-likeness (QED) is 0.765. The Hall–Kier alpha value is -1.07. The zero-order valence-corrected chi connectivity index (χ0v) is 9.53. The number of rotatable bonds is 5. The van der Waals surface area contributed by atoms with Gasteiger partial charge in [-0.3, -0.25) is 0 Å². The fraction of sp³-hybridized carbons (Fsp3) is 0.556. The van der Waals surface area contributed by atoms with Gasteiger partial charge in [-0.25, -0.2) is 9.97 Å². The molecule has 0 aromatic carbocycles. The van der Waals surface area contributed by atoms with Gasteiger partial charge >= 0.3 is 0 Å². The van der Waals surface area contributed by atoms with Crippen molar-refractivity contribution in [3.05, 3.63) is 11.5 Å². The molecule has 0 amide bonds. The summed E-state index contributed by atoms with van der Waals surface area (Å²) in [6.07, 6.45) is 1.38. The Morgan fingerprint density at radius 2 is 2.27 bits per heavy atom. The minimum absolute atomic E-state index is 0.0542. The molecular formula is C9H14ClN3O2. The zero-order chi connectivity index (χ0) is 11.3. The summed E-state index contributed by atoms with van der Waals surface area (Å²) in [6, 6.07) is 0. The molecule has 1 N–H and O–H groups in total. The highest BCUT2D eigenvalue weighted by atomic mass is 35.5. The van der Waals surface area contributed by atoms with E-state index in [4.69, 9.17) is 21.4 Å². The maximum atomic E-state index is 8.90. The first-order valence-corrected chi connectivity index (χ1v) is 5.02. The van der Waals surface area contributed by atoms with E-state index in [-0.39, 0.29) is 11.8 Å². The summed E-state index contributed by atoms with van der Waals surface area (Å²) in [6.45, 7) is 3.22. The maximum absolute atomic E-state index is 8.90. The molecule has 1 aromatic heterocycles. The summed E-state index contributed by atoms with van der Waals surface area (Å²) >= 11 is 5.87. The van der Waals surface area contributed by atoms with Gasteiger partial charge in [0.25, 0.3) is 0 Å². The topological polar surface area (TPSA) is 58.5 Å². The number of hydrogen-bond donors (Lipinski definition) is 1. The van der Waals surface area contributed by atoms with Gasteiger partial charge in [0, 0.05) is 13.1 Å². The van der Waals surface area contributed by atoms with E-state index >= 15 is 0 Å². The van der Waals surface area contributed by atoms with E-state index in [9.17, 15) is 0 Å². The normalized spacial score (nSPS) is 10.1. The average Bonchev–Trinajstić information content (AvgIpc) is 2.25. The standard InChI is InChI=1S/C9H14ClN3O2/c1-3-13(4-5-14)9-7(15-2)8(10)11-6-12-9/h6,14H,3-5H2,1-2H3. The van der Waals surface area contributed by atoms with Gasteiger partial charge < -0.3 is 14.7 Å². The minimum atomic E-state index is 0.0542. The van der Waals surface area contributed by atoms with E-state index in [1.54, 1.807) is 0 Å². The molecule has 1 heterocycles. The van der Waals surface area contributed by atoms with Crippen molar-refractivity contribution in [3.63, 3.8) is 0 Å². The van der Waals surface area contributed by atoms with E-state index in [1.165, 1.54) is 13.4 Å². The predicted molar refractivity (Wildman–Crippen MR) is 58.6 cm³/mol. The van der Waals surface area contributed by atoms with Crippen molar-refractivity contribution in [2.45, 2.75) is 6.92 Å². The van der Waals surface area contributed by atoms with Gasteiger partial charge in [0.1, 0.15) is 6.33 Å². The molecule has 1 rings (SSSR count). The highest BCUT2D eigenvalue weighted by Gasteiger charge is 2.15. The summed E-state index contributed by atoms with van der Waals surface area (Å²) in [7, 11) is 1.51. The van der Waals surface area contributed by atoms with E-state index in [0.29, 0.717) is 24.7 Å². The van der Waals surface area contributed by atoms with Crippen molar-refractivity contribution in [2.24, 2.45) is 0 Å². The summed E-state index contributed by atoms with van der Waals surface area (Å²) in [4.78, 5) is 9.79. The van der Waals surface area contributed by atoms with Gasteiger partial charge in [-0.15, -0.1) is 0 Å². The van der Waals surface area contributed by atoms with Crippen LogP contribution in [0, 0.1) is 0 Å². The van der Waals surface area contributed by atoms with E-state index in [0.717, 1.165) is 0 Å². The number of likely N-dealkylation sites (N-methyl/N-ethyl adjacent to an activating group) is 1. The molecule has 0 aliphatic rings. The number of aliphatic hydroxyl groups is 1. The van der Waals surface area contributed by atoms with Gasteiger partial charge in [0.05, 0.1) is 13.7 Å². The average molecular weight is 232 g/mol. The van der Waals surface area contributed by atoms with Crippen LogP contribution in [-0.2, 0) is 0 Å². The van der Waals surface area contributed by atoms with Crippen molar-refractivity contribution in [1.82, 2.24) is 9.97 Å². The fourth-order valence-corrected chi connectivity index (χ4v) is 1.48. The van der Waals surface area contributed by atoms with Crippen LogP contribution in [0.15, 0.2) is 6.33 Å². The SMILES string of the molecule is CCN(CCO)c1ncnc(Cl)c1OC. The molecule has 0 bridgehead atoms. The molecular weight excluding hydrogens is 218 g/mol. The van der Waals surface area contributed by atoms with E-state index < -0.39 is 0 Å². The van der Waals surface area contributed by atoms with Gasteiger partial charge in [-0.05, 0) is 6.92 Å². The van der Waals surface area contributed by atoms with Crippen molar-refractivity contribution in [3.8, 4) is 5.75 Å². The van der Waals surface area contributed by atoms with Crippen LogP contribution in [0.3, 0.4) is 0 Å². The Bertz CT molecular complexity index is 322. The smallest absolute Gasteiger partial charge is 0.199 e. The largest absolute Gasteiger partial charge is 0.490 e. The lowest BCUT2D eigenvalue weighted by atomic mass is 10.4. The molecule has 0 fully saturated rings. The number of anilines is 1. The van der Waals surface area contributed by atoms with Crippen LogP contribution in [0.5, 0.6) is 5.75 Å². The molecule has 5 nitrogen and oxygen atoms in total. The van der Waals surface area contributed by atoms with E-state index in [2.05, 4.69) is 9.97 Å². The molecule has 0 saturated heterocycles. The lowest BCUT2D eigenvalue weighted by Gasteiger charge is -2.22. The molecule has 15 heavy (non-hydrogen) atoms. The molecule has 0 atom stereocenters. The molecule has 0 unspecified atom stereocenters. The lowest BCUT2D eigenvalue weighted by molar-refractivity contribution is 0.301. The summed E-state index contributed by atoms with van der Waals surface area (Å²) < 4.78 is 5.12. The zero-order valence-electron chi connectivity index (χ0n) is 8.77. The molecule has 0 aliphatic heterocycles. The third-order valence-corrected chi connectivity index (χ3v) is 2.27. The third-order valence-electron chi connectivity index (χ3n) is 2.00. The number of hydrogen-bond acceptors (Lipinski definition) is 5. The first-order chi connectivity index (χ1) is 7.24. The van der Waals surface area contributed by atoms with Crippen LogP contribution in [0.1, 0.15) is 6.92 Å². The second kappa shape index (κ2) is 5.72. The Morgan fingerprint density at radius 1 is 1.53 bits per heavy atom. The predicted octanol–water partition coefficient (Wildman–Crippen LogP) is 0.957. The molecule has 84 valence electrons. The summed E-state index contributed by atoms with van der Waals surface area (Å²) in [5.41, 5.74) is 0. The van der Waals surface area contributed by atoms with Crippen molar-refractivity contribution < 1.29 is 9.84 Å². The van der Waals surface area contributed by atoms with Crippen molar-refractivity contribution in [1.29, 1.82) is 0 Å². The highest BCUT2D eigenvalue weighted by molar-refractivity contribution is 6.31. The molecule has 0 saturated carbocycles. The van der Waals surface area contributed by atoms with Crippen LogP contribution < -0.4 is 9.64 Å². The molecule has 0 spiro atoms. The monoisotopic (exact) mass is 231 g/mol. The molecule has 1 aromatic rings. The van der Waals surface area contributed by atoms with Crippen molar-refractivity contribution >= 4 is 17.4 Å². The summed E-state index contributed by atoms with van der Waals surface area (Å²) in [5.74, 6) is 1.04. The highest BCUT2D eigenvalue weighted by Crippen LogP contribution is 2.30. The van der Waals surface area contributed by atoms with Gasteiger partial charge in [-0.1, -0.05) is 11.6 Å². The second-order valence-electron chi connectivity index (χ2n) is 2.82. The Morgan fingerprint density at radius 3 is 2.80 bits per heavy atom. The van der Waals surface area contributed by atoms with Crippen LogP contribution in [0.2, 0.25) is 5.15 Å². The number of aliphatic hydroxyl groups excluding tert-OH is 1. The Kier molecular flexibility index (Phi) is 4.58. The Labute approximate surface area is 93.7 Å². The molecule has 0 aliphatic carbocycles. The van der Waals surface area contributed by atoms with Gasteiger partial charge in [0.2, 0.25) is 0 Å².